The van der Waals surface area contributed by atoms with E-state index in [1.807, 2.05) is 0 Å². The zero-order valence-corrected chi connectivity index (χ0v) is 9.84. The van der Waals surface area contributed by atoms with Crippen LogP contribution >= 0.6 is 0 Å². The maximum atomic E-state index is 12.4. The van der Waals surface area contributed by atoms with Crippen LogP contribution in [0.25, 0.3) is 0 Å². The number of hydroxylamine groups is 1. The van der Waals surface area contributed by atoms with Gasteiger partial charge in [-0.3, -0.25) is 4.84 Å². The fourth-order valence-corrected chi connectivity index (χ4v) is 2.10. The summed E-state index contributed by atoms with van der Waals surface area (Å²) in [5.41, 5.74) is -1.02. The molecule has 0 atom stereocenters. The molecule has 96 valence electrons. The highest BCUT2D eigenvalue weighted by Crippen LogP contribution is 2.30. The SMILES string of the molecule is CON(C)S(=O)(=O)c1cccc(C(F)(F)F)c1. The van der Waals surface area contributed by atoms with Crippen molar-refractivity contribution >= 4 is 10.0 Å². The van der Waals surface area contributed by atoms with Crippen LogP contribution in [-0.4, -0.2) is 27.0 Å². The number of hydrogen-bond acceptors (Lipinski definition) is 3. The molecule has 0 saturated carbocycles. The van der Waals surface area contributed by atoms with Gasteiger partial charge >= 0.3 is 6.18 Å². The van der Waals surface area contributed by atoms with Crippen molar-refractivity contribution in [2.75, 3.05) is 14.2 Å². The molecule has 0 fully saturated rings. The van der Waals surface area contributed by atoms with Crippen molar-refractivity contribution in [2.24, 2.45) is 0 Å². The van der Waals surface area contributed by atoms with Gasteiger partial charge in [-0.25, -0.2) is 8.42 Å². The first-order valence-electron chi connectivity index (χ1n) is 4.40. The third kappa shape index (κ3) is 2.96. The average Bonchev–Trinajstić information content (AvgIpc) is 2.27. The topological polar surface area (TPSA) is 46.6 Å². The molecule has 0 heterocycles. The first kappa shape index (κ1) is 13.9. The highest BCUT2D eigenvalue weighted by molar-refractivity contribution is 7.89. The molecule has 0 aliphatic rings. The maximum Gasteiger partial charge on any atom is 0.416 e. The molecule has 1 aromatic rings. The molecule has 0 spiro atoms. The second-order valence-corrected chi connectivity index (χ2v) is 5.06. The summed E-state index contributed by atoms with van der Waals surface area (Å²) >= 11 is 0. The summed E-state index contributed by atoms with van der Waals surface area (Å²) in [6.07, 6.45) is -4.59. The molecular formula is C9H10F3NO3S. The predicted octanol–water partition coefficient (Wildman–Crippen LogP) is 1.89. The summed E-state index contributed by atoms with van der Waals surface area (Å²) in [6.45, 7) is 0. The average molecular weight is 269 g/mol. The van der Waals surface area contributed by atoms with Crippen LogP contribution in [0, 0.1) is 0 Å². The van der Waals surface area contributed by atoms with E-state index in [1.54, 1.807) is 0 Å². The van der Waals surface area contributed by atoms with Gasteiger partial charge in [-0.05, 0) is 18.2 Å². The van der Waals surface area contributed by atoms with E-state index in [1.165, 1.54) is 0 Å². The van der Waals surface area contributed by atoms with E-state index in [0.29, 0.717) is 10.5 Å². The highest BCUT2D eigenvalue weighted by Gasteiger charge is 2.32. The zero-order valence-electron chi connectivity index (χ0n) is 9.02. The van der Waals surface area contributed by atoms with Crippen LogP contribution in [0.5, 0.6) is 0 Å². The van der Waals surface area contributed by atoms with Gasteiger partial charge in [0, 0.05) is 7.05 Å². The van der Waals surface area contributed by atoms with Crippen LogP contribution in [0.3, 0.4) is 0 Å². The van der Waals surface area contributed by atoms with E-state index in [-0.39, 0.29) is 0 Å². The molecule has 8 heteroatoms. The van der Waals surface area contributed by atoms with Gasteiger partial charge in [-0.15, -0.1) is 0 Å². The molecule has 0 aromatic heterocycles. The lowest BCUT2D eigenvalue weighted by atomic mass is 10.2. The normalized spacial score (nSPS) is 13.1. The lowest BCUT2D eigenvalue weighted by molar-refractivity contribution is -0.137. The fraction of sp³-hybridized carbons (Fsp3) is 0.333. The van der Waals surface area contributed by atoms with Crippen molar-refractivity contribution in [1.82, 2.24) is 4.47 Å². The molecule has 0 radical (unpaired) electrons. The lowest BCUT2D eigenvalue weighted by Gasteiger charge is -2.15. The summed E-state index contributed by atoms with van der Waals surface area (Å²) in [5.74, 6) is 0. The van der Waals surface area contributed by atoms with E-state index >= 15 is 0 Å². The van der Waals surface area contributed by atoms with Gasteiger partial charge in [0.05, 0.1) is 17.6 Å². The molecule has 0 saturated heterocycles. The van der Waals surface area contributed by atoms with Gasteiger partial charge in [-0.1, -0.05) is 10.5 Å². The van der Waals surface area contributed by atoms with Crippen LogP contribution in [0.4, 0.5) is 13.2 Å². The molecule has 0 N–H and O–H groups in total. The minimum absolute atomic E-state index is 0.475. The summed E-state index contributed by atoms with van der Waals surface area (Å²) in [7, 11) is -1.87. The van der Waals surface area contributed by atoms with Crippen LogP contribution in [0.15, 0.2) is 29.2 Å². The molecule has 1 aromatic carbocycles. The summed E-state index contributed by atoms with van der Waals surface area (Å²) < 4.78 is 61.0. The van der Waals surface area contributed by atoms with Gasteiger partial charge in [0.2, 0.25) is 0 Å². The van der Waals surface area contributed by atoms with Crippen molar-refractivity contribution in [1.29, 1.82) is 0 Å². The Labute approximate surface area is 96.6 Å². The molecule has 4 nitrogen and oxygen atoms in total. The number of rotatable bonds is 3. The summed E-state index contributed by atoms with van der Waals surface area (Å²) in [4.78, 5) is 3.98. The highest BCUT2D eigenvalue weighted by atomic mass is 32.2. The number of hydrogen-bond donors (Lipinski definition) is 0. The van der Waals surface area contributed by atoms with Crippen LogP contribution < -0.4 is 0 Å². The number of benzene rings is 1. The van der Waals surface area contributed by atoms with E-state index in [0.717, 1.165) is 32.4 Å². The quantitative estimate of drug-likeness (QED) is 0.787. The Morgan fingerprint density at radius 1 is 1.29 bits per heavy atom. The Balaban J connectivity index is 3.26. The monoisotopic (exact) mass is 269 g/mol. The van der Waals surface area contributed by atoms with E-state index < -0.39 is 26.7 Å². The van der Waals surface area contributed by atoms with Gasteiger partial charge in [0.1, 0.15) is 0 Å². The molecule has 0 amide bonds. The van der Waals surface area contributed by atoms with Crippen molar-refractivity contribution < 1.29 is 26.4 Å². The van der Waals surface area contributed by atoms with Crippen molar-refractivity contribution in [3.8, 4) is 0 Å². The van der Waals surface area contributed by atoms with Crippen molar-refractivity contribution in [2.45, 2.75) is 11.1 Å². The number of nitrogens with zero attached hydrogens (tertiary/aromatic N) is 1. The summed E-state index contributed by atoms with van der Waals surface area (Å²) in [5, 5.41) is 0. The largest absolute Gasteiger partial charge is 0.416 e. The Morgan fingerprint density at radius 3 is 2.35 bits per heavy atom. The van der Waals surface area contributed by atoms with Crippen LogP contribution in [0.1, 0.15) is 5.56 Å². The molecule has 0 bridgehead atoms. The fourth-order valence-electron chi connectivity index (χ4n) is 1.08. The first-order chi connectivity index (χ1) is 7.69. The smallest absolute Gasteiger partial charge is 0.288 e. The van der Waals surface area contributed by atoms with Gasteiger partial charge < -0.3 is 0 Å². The van der Waals surface area contributed by atoms with Crippen LogP contribution in [-0.2, 0) is 21.0 Å². The van der Waals surface area contributed by atoms with Gasteiger partial charge in [-0.2, -0.15) is 13.2 Å². The Bertz CT molecular complexity index is 498. The molecule has 17 heavy (non-hydrogen) atoms. The lowest BCUT2D eigenvalue weighted by Crippen LogP contribution is -2.26. The van der Waals surface area contributed by atoms with Crippen molar-refractivity contribution in [3.05, 3.63) is 29.8 Å². The predicted molar refractivity (Wildman–Crippen MR) is 53.4 cm³/mol. The number of sulfonamides is 1. The van der Waals surface area contributed by atoms with Crippen molar-refractivity contribution in [3.63, 3.8) is 0 Å². The molecule has 0 unspecified atom stereocenters. The third-order valence-corrected chi connectivity index (χ3v) is 3.73. The van der Waals surface area contributed by atoms with Gasteiger partial charge in [0.15, 0.2) is 0 Å². The molecule has 1 rings (SSSR count). The molecular weight excluding hydrogens is 259 g/mol. The number of halogens is 3. The second kappa shape index (κ2) is 4.63. The summed E-state index contributed by atoms with van der Waals surface area (Å²) in [6, 6.07) is 3.45. The minimum Gasteiger partial charge on any atom is -0.288 e. The Kier molecular flexibility index (Phi) is 3.80. The van der Waals surface area contributed by atoms with E-state index in [2.05, 4.69) is 4.84 Å². The second-order valence-electron chi connectivity index (χ2n) is 3.12. The zero-order chi connectivity index (χ0) is 13.3. The third-order valence-electron chi connectivity index (χ3n) is 2.05. The first-order valence-corrected chi connectivity index (χ1v) is 5.84. The van der Waals surface area contributed by atoms with Crippen LogP contribution in [0.2, 0.25) is 0 Å². The molecule has 0 aliphatic carbocycles. The minimum atomic E-state index is -4.59. The van der Waals surface area contributed by atoms with Gasteiger partial charge in [0.25, 0.3) is 10.0 Å². The molecule has 0 aliphatic heterocycles. The Morgan fingerprint density at radius 2 is 1.88 bits per heavy atom. The Hall–Kier alpha value is -1.12. The standard InChI is InChI=1S/C9H10F3NO3S/c1-13(16-2)17(14,15)8-5-3-4-7(6-8)9(10,11)12/h3-6H,1-2H3. The van der Waals surface area contributed by atoms with E-state index in [4.69, 9.17) is 0 Å². The maximum absolute atomic E-state index is 12.4. The van der Waals surface area contributed by atoms with E-state index in [9.17, 15) is 21.6 Å². The number of alkyl halides is 3.